The summed E-state index contributed by atoms with van der Waals surface area (Å²) in [5, 5.41) is 0. The number of ketones is 1. The van der Waals surface area contributed by atoms with Crippen LogP contribution in [0.3, 0.4) is 0 Å². The molecule has 0 aliphatic carbocycles. The molecule has 0 radical (unpaired) electrons. The van der Waals surface area contributed by atoms with Gasteiger partial charge in [-0.15, -0.1) is 0 Å². The van der Waals surface area contributed by atoms with Gasteiger partial charge in [0.1, 0.15) is 5.78 Å². The Kier molecular flexibility index (Phi) is 3.86. The number of rotatable bonds is 4. The van der Waals surface area contributed by atoms with Crippen LogP contribution in [0.4, 0.5) is 0 Å². The first-order valence-electron chi connectivity index (χ1n) is 5.17. The van der Waals surface area contributed by atoms with Crippen molar-refractivity contribution in [3.05, 3.63) is 29.8 Å². The summed E-state index contributed by atoms with van der Waals surface area (Å²) >= 11 is 0. The smallest absolute Gasteiger partial charge is 0.175 e. The molecule has 0 fully saturated rings. The van der Waals surface area contributed by atoms with Crippen molar-refractivity contribution in [2.45, 2.75) is 31.1 Å². The van der Waals surface area contributed by atoms with Crippen LogP contribution < -0.4 is 0 Å². The van der Waals surface area contributed by atoms with Crippen LogP contribution >= 0.6 is 0 Å². The maximum absolute atomic E-state index is 11.6. The van der Waals surface area contributed by atoms with E-state index in [9.17, 15) is 13.2 Å². The molecule has 88 valence electrons. The Bertz CT molecular complexity index is 489. The first-order chi connectivity index (χ1) is 7.38. The van der Waals surface area contributed by atoms with Crippen molar-refractivity contribution < 1.29 is 13.2 Å². The van der Waals surface area contributed by atoms with Gasteiger partial charge in [-0.2, -0.15) is 0 Å². The van der Waals surface area contributed by atoms with Crippen molar-refractivity contribution in [2.24, 2.45) is 0 Å². The number of hydrogen-bond acceptors (Lipinski definition) is 3. The molecule has 0 bridgehead atoms. The van der Waals surface area contributed by atoms with Gasteiger partial charge in [-0.25, -0.2) is 8.42 Å². The van der Waals surface area contributed by atoms with E-state index in [-0.39, 0.29) is 16.6 Å². The molecule has 0 aliphatic heterocycles. The van der Waals surface area contributed by atoms with E-state index in [1.807, 2.05) is 6.92 Å². The number of benzene rings is 1. The summed E-state index contributed by atoms with van der Waals surface area (Å²) in [6, 6.07) is 6.70. The molecule has 1 unspecified atom stereocenters. The third kappa shape index (κ3) is 2.70. The number of carbonyl (C=O) groups excluding carboxylic acids is 1. The molecule has 1 aromatic rings. The van der Waals surface area contributed by atoms with Gasteiger partial charge >= 0.3 is 0 Å². The van der Waals surface area contributed by atoms with Crippen LogP contribution in [0, 0.1) is 0 Å². The van der Waals surface area contributed by atoms with Crippen LogP contribution in [-0.2, 0) is 14.6 Å². The molecule has 1 atom stereocenters. The molecule has 0 amide bonds. The van der Waals surface area contributed by atoms with Crippen molar-refractivity contribution in [1.29, 1.82) is 0 Å². The lowest BCUT2D eigenvalue weighted by Gasteiger charge is -2.15. The van der Waals surface area contributed by atoms with E-state index in [0.29, 0.717) is 12.0 Å². The highest BCUT2D eigenvalue weighted by Gasteiger charge is 2.21. The van der Waals surface area contributed by atoms with Crippen molar-refractivity contribution in [2.75, 3.05) is 6.26 Å². The van der Waals surface area contributed by atoms with E-state index in [2.05, 4.69) is 0 Å². The highest BCUT2D eigenvalue weighted by molar-refractivity contribution is 7.90. The largest absolute Gasteiger partial charge is 0.299 e. The topological polar surface area (TPSA) is 51.2 Å². The van der Waals surface area contributed by atoms with Gasteiger partial charge in [0.2, 0.25) is 0 Å². The summed E-state index contributed by atoms with van der Waals surface area (Å²) in [4.78, 5) is 11.7. The molecule has 0 aromatic heterocycles. The molecule has 3 nitrogen and oxygen atoms in total. The predicted octanol–water partition coefficient (Wildman–Crippen LogP) is 2.17. The summed E-state index contributed by atoms with van der Waals surface area (Å²) in [7, 11) is -3.27. The van der Waals surface area contributed by atoms with E-state index >= 15 is 0 Å². The van der Waals surface area contributed by atoms with Crippen molar-refractivity contribution in [3.63, 3.8) is 0 Å². The van der Waals surface area contributed by atoms with Gasteiger partial charge in [-0.1, -0.05) is 25.1 Å². The van der Waals surface area contributed by atoms with Crippen LogP contribution in [0.25, 0.3) is 0 Å². The molecule has 0 saturated carbocycles. The van der Waals surface area contributed by atoms with E-state index in [0.717, 1.165) is 0 Å². The van der Waals surface area contributed by atoms with Crippen LogP contribution in [0.2, 0.25) is 0 Å². The van der Waals surface area contributed by atoms with Crippen molar-refractivity contribution in [3.8, 4) is 0 Å². The summed E-state index contributed by atoms with van der Waals surface area (Å²) in [5.41, 5.74) is 0.611. The van der Waals surface area contributed by atoms with Gasteiger partial charge in [0.05, 0.1) is 4.90 Å². The third-order valence-electron chi connectivity index (χ3n) is 2.59. The Morgan fingerprint density at radius 3 is 2.31 bits per heavy atom. The zero-order valence-corrected chi connectivity index (χ0v) is 10.5. The average molecular weight is 240 g/mol. The standard InChI is InChI=1S/C12H16O3S/c1-4-10(9(2)13)11-7-5-6-8-12(11)16(3,14)15/h5-8,10H,4H2,1-3H3. The van der Waals surface area contributed by atoms with Crippen LogP contribution in [0.5, 0.6) is 0 Å². The number of hydrogen-bond donors (Lipinski definition) is 0. The van der Waals surface area contributed by atoms with Gasteiger partial charge in [-0.3, -0.25) is 4.79 Å². The van der Waals surface area contributed by atoms with Crippen molar-refractivity contribution >= 4 is 15.6 Å². The maximum atomic E-state index is 11.6. The molecule has 16 heavy (non-hydrogen) atoms. The predicted molar refractivity (Wildman–Crippen MR) is 63.3 cm³/mol. The minimum absolute atomic E-state index is 0.00130. The fourth-order valence-electron chi connectivity index (χ4n) is 1.83. The van der Waals surface area contributed by atoms with Crippen LogP contribution in [0.1, 0.15) is 31.7 Å². The number of sulfone groups is 1. The minimum Gasteiger partial charge on any atom is -0.299 e. The maximum Gasteiger partial charge on any atom is 0.175 e. The fourth-order valence-corrected chi connectivity index (χ4v) is 2.80. The molecular formula is C12H16O3S. The highest BCUT2D eigenvalue weighted by atomic mass is 32.2. The molecule has 0 heterocycles. The number of carbonyl (C=O) groups is 1. The van der Waals surface area contributed by atoms with Gasteiger partial charge in [0.15, 0.2) is 9.84 Å². The minimum atomic E-state index is -3.27. The SMILES string of the molecule is CCC(C(C)=O)c1ccccc1S(C)(=O)=O. The third-order valence-corrected chi connectivity index (χ3v) is 3.76. The zero-order valence-electron chi connectivity index (χ0n) is 9.73. The van der Waals surface area contributed by atoms with E-state index in [4.69, 9.17) is 0 Å². The first-order valence-corrected chi connectivity index (χ1v) is 7.06. The molecule has 1 rings (SSSR count). The molecule has 0 N–H and O–H groups in total. The molecule has 0 spiro atoms. The zero-order chi connectivity index (χ0) is 12.3. The Morgan fingerprint density at radius 1 is 1.31 bits per heavy atom. The summed E-state index contributed by atoms with van der Waals surface area (Å²) in [5.74, 6) is -0.329. The van der Waals surface area contributed by atoms with Gasteiger partial charge < -0.3 is 0 Å². The second kappa shape index (κ2) is 4.78. The quantitative estimate of drug-likeness (QED) is 0.810. The normalized spacial score (nSPS) is 13.4. The fraction of sp³-hybridized carbons (Fsp3) is 0.417. The molecule has 0 saturated heterocycles. The van der Waals surface area contributed by atoms with E-state index in [1.54, 1.807) is 24.3 Å². The lowest BCUT2D eigenvalue weighted by Crippen LogP contribution is -2.12. The molecule has 4 heteroatoms. The Labute approximate surface area is 96.4 Å². The monoisotopic (exact) mass is 240 g/mol. The van der Waals surface area contributed by atoms with Crippen LogP contribution in [0.15, 0.2) is 29.2 Å². The Hall–Kier alpha value is -1.16. The van der Waals surface area contributed by atoms with Gasteiger partial charge in [0, 0.05) is 12.2 Å². The molecular weight excluding hydrogens is 224 g/mol. The number of Topliss-reactive ketones (excluding diaryl/α,β-unsaturated/α-hetero) is 1. The Morgan fingerprint density at radius 2 is 1.88 bits per heavy atom. The summed E-state index contributed by atoms with van der Waals surface area (Å²) < 4.78 is 23.2. The van der Waals surface area contributed by atoms with E-state index in [1.165, 1.54) is 13.2 Å². The second-order valence-electron chi connectivity index (χ2n) is 3.88. The highest BCUT2D eigenvalue weighted by Crippen LogP contribution is 2.27. The average Bonchev–Trinajstić information content (AvgIpc) is 2.17. The van der Waals surface area contributed by atoms with Gasteiger partial charge in [-0.05, 0) is 25.0 Å². The molecule has 1 aromatic carbocycles. The summed E-state index contributed by atoms with van der Waals surface area (Å²) in [6.07, 6.45) is 1.78. The Balaban J connectivity index is 3.39. The lowest BCUT2D eigenvalue weighted by molar-refractivity contribution is -0.118. The van der Waals surface area contributed by atoms with Gasteiger partial charge in [0.25, 0.3) is 0 Å². The molecule has 0 aliphatic rings. The lowest BCUT2D eigenvalue weighted by atomic mass is 9.93. The van der Waals surface area contributed by atoms with Crippen molar-refractivity contribution in [1.82, 2.24) is 0 Å². The first kappa shape index (κ1) is 12.9. The van der Waals surface area contributed by atoms with E-state index < -0.39 is 9.84 Å². The second-order valence-corrected chi connectivity index (χ2v) is 5.87. The summed E-state index contributed by atoms with van der Waals surface area (Å²) in [6.45, 7) is 3.37. The van der Waals surface area contributed by atoms with Crippen LogP contribution in [-0.4, -0.2) is 20.5 Å².